The van der Waals surface area contributed by atoms with E-state index >= 15 is 0 Å². The van der Waals surface area contributed by atoms with E-state index in [1.165, 1.54) is 12.1 Å². The maximum atomic E-state index is 12.2. The van der Waals surface area contributed by atoms with Gasteiger partial charge in [-0.25, -0.2) is 4.79 Å². The highest BCUT2D eigenvalue weighted by Gasteiger charge is 2.24. The van der Waals surface area contributed by atoms with E-state index in [-0.39, 0.29) is 23.1 Å². The van der Waals surface area contributed by atoms with Crippen LogP contribution in [0.2, 0.25) is 10.0 Å². The Morgan fingerprint density at radius 3 is 2.48 bits per heavy atom. The van der Waals surface area contributed by atoms with E-state index in [4.69, 9.17) is 27.9 Å². The quantitative estimate of drug-likeness (QED) is 0.808. The second-order valence-corrected chi connectivity index (χ2v) is 5.88. The number of hydrogen-bond donors (Lipinski definition) is 1. The molecule has 21 heavy (non-hydrogen) atoms. The van der Waals surface area contributed by atoms with E-state index in [2.05, 4.69) is 5.32 Å². The molecule has 0 aliphatic carbocycles. The van der Waals surface area contributed by atoms with Crippen LogP contribution in [0, 0.1) is 5.92 Å². The summed E-state index contributed by atoms with van der Waals surface area (Å²) in [6.07, 6.45) is 0.496. The SMILES string of the molecule is CCOC(=O)[C@@H](CC(C)C)NC(=O)c1ccc(Cl)cc1Cl. The fraction of sp³-hybridized carbons (Fsp3) is 0.467. The number of benzene rings is 1. The highest BCUT2D eigenvalue weighted by Crippen LogP contribution is 2.21. The van der Waals surface area contributed by atoms with Crippen molar-refractivity contribution >= 4 is 35.1 Å². The van der Waals surface area contributed by atoms with Gasteiger partial charge < -0.3 is 10.1 Å². The maximum absolute atomic E-state index is 12.2. The van der Waals surface area contributed by atoms with Crippen LogP contribution >= 0.6 is 23.2 Å². The zero-order valence-electron chi connectivity index (χ0n) is 12.3. The Hall–Kier alpha value is -1.26. The van der Waals surface area contributed by atoms with Gasteiger partial charge in [-0.2, -0.15) is 0 Å². The number of rotatable bonds is 6. The lowest BCUT2D eigenvalue weighted by atomic mass is 10.0. The summed E-state index contributed by atoms with van der Waals surface area (Å²) in [7, 11) is 0. The molecule has 0 aromatic heterocycles. The van der Waals surface area contributed by atoms with Gasteiger partial charge in [0.15, 0.2) is 0 Å². The fourth-order valence-corrected chi connectivity index (χ4v) is 2.33. The van der Waals surface area contributed by atoms with Crippen molar-refractivity contribution in [3.63, 3.8) is 0 Å². The number of esters is 1. The molecule has 6 heteroatoms. The summed E-state index contributed by atoms with van der Waals surface area (Å²) in [5, 5.41) is 3.36. The average molecular weight is 332 g/mol. The molecule has 1 aromatic carbocycles. The van der Waals surface area contributed by atoms with Crippen LogP contribution in [0.5, 0.6) is 0 Å². The first-order valence-electron chi connectivity index (χ1n) is 6.77. The number of hydrogen-bond acceptors (Lipinski definition) is 3. The molecule has 0 radical (unpaired) electrons. The highest BCUT2D eigenvalue weighted by molar-refractivity contribution is 6.36. The zero-order valence-corrected chi connectivity index (χ0v) is 13.8. The summed E-state index contributed by atoms with van der Waals surface area (Å²) in [4.78, 5) is 24.1. The highest BCUT2D eigenvalue weighted by atomic mass is 35.5. The van der Waals surface area contributed by atoms with E-state index in [1.54, 1.807) is 13.0 Å². The molecule has 116 valence electrons. The van der Waals surface area contributed by atoms with Crippen molar-refractivity contribution < 1.29 is 14.3 Å². The lowest BCUT2D eigenvalue weighted by Gasteiger charge is -2.19. The third-order valence-electron chi connectivity index (χ3n) is 2.76. The number of ether oxygens (including phenoxy) is 1. The number of halogens is 2. The molecule has 1 atom stereocenters. The first-order valence-corrected chi connectivity index (χ1v) is 7.53. The van der Waals surface area contributed by atoms with Gasteiger partial charge in [0, 0.05) is 5.02 Å². The molecule has 4 nitrogen and oxygen atoms in total. The smallest absolute Gasteiger partial charge is 0.328 e. The first kappa shape index (κ1) is 17.8. The van der Waals surface area contributed by atoms with Gasteiger partial charge in [0.25, 0.3) is 5.91 Å². The largest absolute Gasteiger partial charge is 0.464 e. The van der Waals surface area contributed by atoms with Crippen molar-refractivity contribution in [2.45, 2.75) is 33.2 Å². The number of carbonyl (C=O) groups excluding carboxylic acids is 2. The Labute approximate surface area is 134 Å². The summed E-state index contributed by atoms with van der Waals surface area (Å²) in [5.74, 6) is -0.625. The van der Waals surface area contributed by atoms with Crippen molar-refractivity contribution in [1.29, 1.82) is 0 Å². The molecule has 1 aromatic rings. The topological polar surface area (TPSA) is 55.4 Å². The van der Waals surface area contributed by atoms with E-state index in [0.717, 1.165) is 0 Å². The predicted molar refractivity (Wildman–Crippen MR) is 83.8 cm³/mol. The van der Waals surface area contributed by atoms with Crippen molar-refractivity contribution in [2.75, 3.05) is 6.61 Å². The van der Waals surface area contributed by atoms with Gasteiger partial charge in [0.1, 0.15) is 6.04 Å². The summed E-state index contributed by atoms with van der Waals surface area (Å²) in [6.45, 7) is 5.93. The van der Waals surface area contributed by atoms with Gasteiger partial charge in [-0.3, -0.25) is 4.79 Å². The normalized spacial score (nSPS) is 12.1. The molecular formula is C15H19Cl2NO3. The average Bonchev–Trinajstić information content (AvgIpc) is 2.37. The molecule has 0 bridgehead atoms. The molecule has 0 aliphatic rings. The van der Waals surface area contributed by atoms with Gasteiger partial charge in [-0.1, -0.05) is 37.0 Å². The standard InChI is InChI=1S/C15H19Cl2NO3/c1-4-21-15(20)13(7-9(2)3)18-14(19)11-6-5-10(16)8-12(11)17/h5-6,8-9,13H,4,7H2,1-3H3,(H,18,19)/t13-/m1/s1. The Kier molecular flexibility index (Phi) is 6.99. The molecule has 0 aliphatic heterocycles. The third kappa shape index (κ3) is 5.56. The molecule has 0 unspecified atom stereocenters. The molecular weight excluding hydrogens is 313 g/mol. The summed E-state index contributed by atoms with van der Waals surface area (Å²) < 4.78 is 4.98. The molecule has 0 saturated heterocycles. The molecule has 1 N–H and O–H groups in total. The number of carbonyl (C=O) groups is 2. The molecule has 0 heterocycles. The van der Waals surface area contributed by atoms with Crippen LogP contribution in [0.4, 0.5) is 0 Å². The monoisotopic (exact) mass is 331 g/mol. The van der Waals surface area contributed by atoms with Crippen molar-refractivity contribution in [1.82, 2.24) is 5.32 Å². The van der Waals surface area contributed by atoms with Crippen LogP contribution in [0.15, 0.2) is 18.2 Å². The van der Waals surface area contributed by atoms with Gasteiger partial charge in [0.2, 0.25) is 0 Å². The van der Waals surface area contributed by atoms with Crippen LogP contribution in [0.25, 0.3) is 0 Å². The van der Waals surface area contributed by atoms with Crippen molar-refractivity contribution in [3.05, 3.63) is 33.8 Å². The Bertz CT molecular complexity index is 518. The second kappa shape index (κ2) is 8.25. The lowest BCUT2D eigenvalue weighted by molar-refractivity contribution is -0.145. The van der Waals surface area contributed by atoms with Crippen LogP contribution in [0.1, 0.15) is 37.6 Å². The molecule has 1 amide bonds. The van der Waals surface area contributed by atoms with E-state index in [0.29, 0.717) is 11.4 Å². The molecule has 0 fully saturated rings. The predicted octanol–water partition coefficient (Wildman–Crippen LogP) is 3.70. The summed E-state index contributed by atoms with van der Waals surface area (Å²) in [5.41, 5.74) is 0.277. The van der Waals surface area contributed by atoms with Crippen molar-refractivity contribution in [3.8, 4) is 0 Å². The Morgan fingerprint density at radius 2 is 1.95 bits per heavy atom. The van der Waals surface area contributed by atoms with Gasteiger partial charge in [-0.05, 0) is 37.5 Å². The fourth-order valence-electron chi connectivity index (χ4n) is 1.84. The number of amides is 1. The van der Waals surface area contributed by atoms with Crippen LogP contribution in [-0.2, 0) is 9.53 Å². The second-order valence-electron chi connectivity index (χ2n) is 5.03. The van der Waals surface area contributed by atoms with Crippen LogP contribution in [-0.4, -0.2) is 24.5 Å². The van der Waals surface area contributed by atoms with E-state index in [1.807, 2.05) is 13.8 Å². The minimum Gasteiger partial charge on any atom is -0.464 e. The van der Waals surface area contributed by atoms with Crippen LogP contribution in [0.3, 0.4) is 0 Å². The van der Waals surface area contributed by atoms with Crippen LogP contribution < -0.4 is 5.32 Å². The number of nitrogens with one attached hydrogen (secondary N) is 1. The lowest BCUT2D eigenvalue weighted by Crippen LogP contribution is -2.42. The summed E-state index contributed by atoms with van der Waals surface area (Å²) >= 11 is 11.8. The third-order valence-corrected chi connectivity index (χ3v) is 3.31. The molecule has 1 rings (SSSR count). The van der Waals surface area contributed by atoms with Gasteiger partial charge >= 0.3 is 5.97 Å². The Balaban J connectivity index is 2.86. The first-order chi connectivity index (χ1) is 9.85. The minimum absolute atomic E-state index is 0.236. The van der Waals surface area contributed by atoms with Gasteiger partial charge in [-0.15, -0.1) is 0 Å². The van der Waals surface area contributed by atoms with Crippen molar-refractivity contribution in [2.24, 2.45) is 5.92 Å². The van der Waals surface area contributed by atoms with Gasteiger partial charge in [0.05, 0.1) is 17.2 Å². The zero-order chi connectivity index (χ0) is 16.0. The van der Waals surface area contributed by atoms with E-state index in [9.17, 15) is 9.59 Å². The van der Waals surface area contributed by atoms with E-state index < -0.39 is 17.9 Å². The minimum atomic E-state index is -0.691. The maximum Gasteiger partial charge on any atom is 0.328 e. The Morgan fingerprint density at radius 1 is 1.29 bits per heavy atom. The molecule has 0 spiro atoms. The molecule has 0 saturated carbocycles. The summed E-state index contributed by atoms with van der Waals surface area (Å²) in [6, 6.07) is 3.89.